The first-order valence-corrected chi connectivity index (χ1v) is 16.0. The smallest absolute Gasteiger partial charge is 0.0346 e. The average molecular weight is 583 g/mol. The second-order valence-electron chi connectivity index (χ2n) is 11.4. The van der Waals surface area contributed by atoms with Crippen molar-refractivity contribution in [3.05, 3.63) is 153 Å². The lowest BCUT2D eigenvalue weighted by Gasteiger charge is -2.20. The van der Waals surface area contributed by atoms with Crippen molar-refractivity contribution < 1.29 is 0 Å². The predicted octanol–water partition coefficient (Wildman–Crippen LogP) is 11.2. The highest BCUT2D eigenvalue weighted by molar-refractivity contribution is 7.11. The molecule has 0 radical (unpaired) electrons. The van der Waals surface area contributed by atoms with Gasteiger partial charge in [0.25, 0.3) is 0 Å². The lowest BCUT2D eigenvalue weighted by molar-refractivity contribution is 1.46. The highest BCUT2D eigenvalue weighted by Crippen LogP contribution is 2.44. The Bertz CT molecular complexity index is 2320. The lowest BCUT2D eigenvalue weighted by Crippen LogP contribution is -2.17. The zero-order chi connectivity index (χ0) is 30.2. The molecule has 0 spiro atoms. The Labute approximate surface area is 263 Å². The summed E-state index contributed by atoms with van der Waals surface area (Å²) in [6.07, 6.45) is 8.80. The van der Waals surface area contributed by atoms with Crippen LogP contribution in [0.4, 0.5) is 0 Å². The topological polar surface area (TPSA) is 0 Å². The van der Waals surface area contributed by atoms with Gasteiger partial charge in [0.15, 0.2) is 0 Å². The minimum atomic E-state index is 1.11. The van der Waals surface area contributed by atoms with Gasteiger partial charge < -0.3 is 0 Å². The van der Waals surface area contributed by atoms with Gasteiger partial charge in [-0.25, -0.2) is 0 Å². The van der Waals surface area contributed by atoms with Crippen molar-refractivity contribution in [1.29, 1.82) is 0 Å². The van der Waals surface area contributed by atoms with Crippen LogP contribution in [0.3, 0.4) is 0 Å². The third-order valence-corrected chi connectivity index (χ3v) is 9.99. The molecule has 0 aliphatic heterocycles. The van der Waals surface area contributed by atoms with Crippen LogP contribution in [-0.4, -0.2) is 0 Å². The van der Waals surface area contributed by atoms with Crippen LogP contribution in [0, 0.1) is 6.92 Å². The second kappa shape index (κ2) is 11.6. The standard InChI is InChI=1S/C43H34S/c1-5-14-40-29(3)30(4)41(44-40)26-23-28(2)42-36-19-10-12-21-38(36)43(39-22-13-11-20-37(39)42)35-18-9-8-17-34(35)33-25-24-31-15-6-7-16-32(31)27-33/h5-27H,4H2,1-3H3/b14-5-,28-23+,41-26+. The minimum Gasteiger partial charge on any atom is -0.136 e. The molecule has 0 N–H and O–H groups in total. The summed E-state index contributed by atoms with van der Waals surface area (Å²) in [5.41, 5.74) is 8.80. The molecule has 0 saturated heterocycles. The van der Waals surface area contributed by atoms with E-state index in [-0.39, 0.29) is 0 Å². The summed E-state index contributed by atoms with van der Waals surface area (Å²) in [5, 5.41) is 8.69. The lowest BCUT2D eigenvalue weighted by atomic mass is 9.84. The molecule has 212 valence electrons. The summed E-state index contributed by atoms with van der Waals surface area (Å²) < 4.78 is 1.21. The maximum atomic E-state index is 4.38. The number of thiophene rings is 1. The van der Waals surface area contributed by atoms with E-state index in [1.807, 2.05) is 0 Å². The van der Waals surface area contributed by atoms with Gasteiger partial charge in [-0.1, -0.05) is 128 Å². The van der Waals surface area contributed by atoms with Crippen molar-refractivity contribution >= 4 is 68.0 Å². The molecule has 44 heavy (non-hydrogen) atoms. The van der Waals surface area contributed by atoms with Crippen molar-refractivity contribution in [3.63, 3.8) is 0 Å². The molecule has 0 unspecified atom stereocenters. The normalized spacial score (nSPS) is 12.7. The summed E-state index contributed by atoms with van der Waals surface area (Å²) in [6, 6.07) is 42.1. The maximum absolute atomic E-state index is 4.38. The number of hydrogen-bond acceptors (Lipinski definition) is 1. The van der Waals surface area contributed by atoms with E-state index < -0.39 is 0 Å². The van der Waals surface area contributed by atoms with Gasteiger partial charge in [0.05, 0.1) is 0 Å². The van der Waals surface area contributed by atoms with Crippen molar-refractivity contribution in [1.82, 2.24) is 0 Å². The number of benzene rings is 6. The third kappa shape index (κ3) is 4.80. The third-order valence-electron chi connectivity index (χ3n) is 8.73. The van der Waals surface area contributed by atoms with E-state index in [1.54, 1.807) is 11.3 Å². The van der Waals surface area contributed by atoms with Crippen molar-refractivity contribution in [2.45, 2.75) is 20.8 Å². The average Bonchev–Trinajstić information content (AvgIpc) is 3.33. The van der Waals surface area contributed by atoms with Crippen LogP contribution in [0.2, 0.25) is 0 Å². The molecule has 0 atom stereocenters. The van der Waals surface area contributed by atoms with E-state index >= 15 is 0 Å². The van der Waals surface area contributed by atoms with Crippen molar-refractivity contribution in [2.75, 3.05) is 0 Å². The second-order valence-corrected chi connectivity index (χ2v) is 12.5. The van der Waals surface area contributed by atoms with Crippen LogP contribution in [0.25, 0.3) is 78.9 Å². The first-order chi connectivity index (χ1) is 21.5. The predicted molar refractivity (Wildman–Crippen MR) is 196 cm³/mol. The summed E-state index contributed by atoms with van der Waals surface area (Å²) >= 11 is 1.81. The summed E-state index contributed by atoms with van der Waals surface area (Å²) in [7, 11) is 0. The Balaban J connectivity index is 1.48. The fraction of sp³-hybridized carbons (Fsp3) is 0.0698. The Morgan fingerprint density at radius 3 is 1.95 bits per heavy atom. The Morgan fingerprint density at radius 1 is 0.682 bits per heavy atom. The van der Waals surface area contributed by atoms with Gasteiger partial charge in [0.2, 0.25) is 0 Å². The van der Waals surface area contributed by atoms with E-state index in [1.165, 1.54) is 80.7 Å². The first-order valence-electron chi connectivity index (χ1n) is 15.2. The van der Waals surface area contributed by atoms with E-state index in [4.69, 9.17) is 0 Å². The molecule has 7 rings (SSSR count). The number of fused-ring (bicyclic) bond motifs is 3. The van der Waals surface area contributed by atoms with Gasteiger partial charge in [-0.2, -0.15) is 0 Å². The van der Waals surface area contributed by atoms with Gasteiger partial charge in [-0.05, 0) is 115 Å². The van der Waals surface area contributed by atoms with Gasteiger partial charge in [-0.3, -0.25) is 0 Å². The van der Waals surface area contributed by atoms with E-state index in [0.717, 1.165) is 5.22 Å². The minimum absolute atomic E-state index is 1.11. The highest BCUT2D eigenvalue weighted by atomic mass is 32.1. The monoisotopic (exact) mass is 582 g/mol. The molecule has 0 nitrogen and oxygen atoms in total. The van der Waals surface area contributed by atoms with Crippen LogP contribution in [-0.2, 0) is 0 Å². The molecule has 1 heteroatoms. The molecule has 1 aromatic heterocycles. The van der Waals surface area contributed by atoms with Crippen LogP contribution in [0.1, 0.15) is 29.9 Å². The Hall–Kier alpha value is -4.98. The molecule has 0 amide bonds. The number of rotatable bonds is 5. The van der Waals surface area contributed by atoms with Gasteiger partial charge >= 0.3 is 0 Å². The fourth-order valence-electron chi connectivity index (χ4n) is 6.47. The summed E-state index contributed by atoms with van der Waals surface area (Å²) in [4.78, 5) is 1.28. The van der Waals surface area contributed by atoms with Crippen LogP contribution in [0.15, 0.2) is 127 Å². The van der Waals surface area contributed by atoms with Crippen LogP contribution >= 0.6 is 11.3 Å². The molecular weight excluding hydrogens is 549 g/mol. The Kier molecular flexibility index (Phi) is 7.34. The molecule has 0 aliphatic rings. The molecule has 1 heterocycles. The van der Waals surface area contributed by atoms with E-state index in [0.29, 0.717) is 0 Å². The number of hydrogen-bond donors (Lipinski definition) is 0. The summed E-state index contributed by atoms with van der Waals surface area (Å²) in [6.45, 7) is 10.9. The molecule has 0 saturated carbocycles. The zero-order valence-electron chi connectivity index (χ0n) is 25.4. The Morgan fingerprint density at radius 2 is 1.27 bits per heavy atom. The summed E-state index contributed by atoms with van der Waals surface area (Å²) in [5.74, 6) is 0. The van der Waals surface area contributed by atoms with E-state index in [2.05, 4.69) is 167 Å². The highest BCUT2D eigenvalue weighted by Gasteiger charge is 2.18. The van der Waals surface area contributed by atoms with Gasteiger partial charge in [0.1, 0.15) is 0 Å². The molecule has 7 aromatic rings. The molecule has 0 bridgehead atoms. The maximum Gasteiger partial charge on any atom is 0.0346 e. The van der Waals surface area contributed by atoms with E-state index in [9.17, 15) is 0 Å². The van der Waals surface area contributed by atoms with Crippen LogP contribution in [0.5, 0.6) is 0 Å². The molecular formula is C43H34S. The fourth-order valence-corrected chi connectivity index (χ4v) is 7.60. The molecule has 0 fully saturated rings. The first kappa shape index (κ1) is 27.8. The molecule has 0 aliphatic carbocycles. The quantitative estimate of drug-likeness (QED) is 0.177. The van der Waals surface area contributed by atoms with Crippen LogP contribution < -0.4 is 9.75 Å². The van der Waals surface area contributed by atoms with Gasteiger partial charge in [0, 0.05) is 9.41 Å². The SMILES string of the molecule is C=c1c(C)c(/C=C\C)s/c1=C/C=C(\C)c1c2ccccc2c(-c2ccccc2-c2ccc3ccccc3c2)c2ccccc12. The van der Waals surface area contributed by atoms with Gasteiger partial charge in [-0.15, -0.1) is 11.3 Å². The molecule has 6 aromatic carbocycles. The zero-order valence-corrected chi connectivity index (χ0v) is 26.2. The largest absolute Gasteiger partial charge is 0.136 e. The van der Waals surface area contributed by atoms with Crippen molar-refractivity contribution in [3.8, 4) is 22.3 Å². The number of allylic oxidation sites excluding steroid dienone is 3. The van der Waals surface area contributed by atoms with Crippen molar-refractivity contribution in [2.24, 2.45) is 0 Å².